The van der Waals surface area contributed by atoms with Gasteiger partial charge in [0.05, 0.1) is 12.0 Å². The molecule has 3 heteroatoms. The Morgan fingerprint density at radius 1 is 0.735 bits per heavy atom. The van der Waals surface area contributed by atoms with E-state index in [0.29, 0.717) is 5.56 Å². The predicted molar refractivity (Wildman–Crippen MR) is 142 cm³/mol. The van der Waals surface area contributed by atoms with Gasteiger partial charge in [0.15, 0.2) is 11.6 Å². The van der Waals surface area contributed by atoms with Crippen LogP contribution in [0.15, 0.2) is 42.5 Å². The third-order valence-corrected chi connectivity index (χ3v) is 6.57. The second-order valence-electron chi connectivity index (χ2n) is 10.6. The monoisotopic (exact) mass is 464 g/mol. The maximum Gasteiger partial charge on any atom is 0.174 e. The summed E-state index contributed by atoms with van der Waals surface area (Å²) in [5, 5.41) is 10.2. The van der Waals surface area contributed by atoms with E-state index in [1.807, 2.05) is 18.2 Å². The first kappa shape index (κ1) is 27.8. The fraction of sp³-hybridized carbons (Fsp3) is 0.548. The number of hydrogen-bond acceptors (Lipinski definition) is 3. The molecule has 2 aromatic rings. The van der Waals surface area contributed by atoms with E-state index < -0.39 is 0 Å². The summed E-state index contributed by atoms with van der Waals surface area (Å²) in [6.45, 7) is 8.62. The van der Waals surface area contributed by atoms with Crippen LogP contribution in [-0.2, 0) is 11.8 Å². The van der Waals surface area contributed by atoms with Gasteiger partial charge in [-0.25, -0.2) is 0 Å². The minimum absolute atomic E-state index is 0.0118. The van der Waals surface area contributed by atoms with Gasteiger partial charge in [-0.1, -0.05) is 116 Å². The van der Waals surface area contributed by atoms with Crippen molar-refractivity contribution in [1.29, 1.82) is 0 Å². The van der Waals surface area contributed by atoms with Gasteiger partial charge in [-0.2, -0.15) is 0 Å². The normalized spacial score (nSPS) is 11.5. The fourth-order valence-electron chi connectivity index (χ4n) is 4.28. The molecule has 0 atom stereocenters. The van der Waals surface area contributed by atoms with Crippen LogP contribution in [0, 0.1) is 0 Å². The number of aromatic hydroxyl groups is 1. The molecular formula is C31H44O3. The average molecular weight is 465 g/mol. The first-order valence-corrected chi connectivity index (χ1v) is 13.2. The molecule has 186 valence electrons. The number of carbonyl (C=O) groups is 2. The third-order valence-electron chi connectivity index (χ3n) is 6.57. The number of aryl methyl sites for hydroxylation is 1. The Kier molecular flexibility index (Phi) is 11.5. The SMILES string of the molecule is CCCCCCCCCCCCc1ccc(O)c(C(=O)CC(=O)c2ccc(C(C)(C)C)cc2)c1. The second-order valence-corrected chi connectivity index (χ2v) is 10.6. The molecule has 0 heterocycles. The van der Waals surface area contributed by atoms with Crippen molar-refractivity contribution < 1.29 is 14.7 Å². The molecular weight excluding hydrogens is 420 g/mol. The van der Waals surface area contributed by atoms with E-state index in [4.69, 9.17) is 0 Å². The van der Waals surface area contributed by atoms with Crippen LogP contribution in [0.25, 0.3) is 0 Å². The number of benzene rings is 2. The first-order chi connectivity index (χ1) is 16.2. The molecule has 34 heavy (non-hydrogen) atoms. The maximum atomic E-state index is 12.8. The Hall–Kier alpha value is -2.42. The number of rotatable bonds is 15. The molecule has 0 radical (unpaired) electrons. The second kappa shape index (κ2) is 14.1. The molecule has 0 saturated carbocycles. The Morgan fingerprint density at radius 2 is 1.29 bits per heavy atom. The van der Waals surface area contributed by atoms with E-state index in [1.165, 1.54) is 57.8 Å². The highest BCUT2D eigenvalue weighted by Crippen LogP contribution is 2.24. The van der Waals surface area contributed by atoms with Gasteiger partial charge in [0.25, 0.3) is 0 Å². The largest absolute Gasteiger partial charge is 0.507 e. The average Bonchev–Trinajstić information content (AvgIpc) is 2.80. The highest BCUT2D eigenvalue weighted by atomic mass is 16.3. The van der Waals surface area contributed by atoms with Crippen LogP contribution < -0.4 is 0 Å². The number of hydrogen-bond donors (Lipinski definition) is 1. The molecule has 2 aromatic carbocycles. The molecule has 0 aromatic heterocycles. The zero-order valence-corrected chi connectivity index (χ0v) is 21.8. The Labute approximate surface area is 207 Å². The topological polar surface area (TPSA) is 54.4 Å². The Morgan fingerprint density at radius 3 is 1.85 bits per heavy atom. The van der Waals surface area contributed by atoms with Gasteiger partial charge >= 0.3 is 0 Å². The van der Waals surface area contributed by atoms with Crippen LogP contribution in [0.4, 0.5) is 0 Å². The van der Waals surface area contributed by atoms with Gasteiger partial charge < -0.3 is 5.11 Å². The summed E-state index contributed by atoms with van der Waals surface area (Å²) in [6, 6.07) is 12.7. The minimum atomic E-state index is -0.327. The summed E-state index contributed by atoms with van der Waals surface area (Å²) in [5.41, 5.74) is 2.99. The third kappa shape index (κ3) is 9.44. The van der Waals surface area contributed by atoms with E-state index in [9.17, 15) is 14.7 Å². The molecule has 0 fully saturated rings. The Balaban J connectivity index is 1.81. The molecule has 0 spiro atoms. The van der Waals surface area contributed by atoms with Gasteiger partial charge in [0.2, 0.25) is 0 Å². The number of carbonyl (C=O) groups excluding carboxylic acids is 2. The summed E-state index contributed by atoms with van der Waals surface area (Å²) < 4.78 is 0. The predicted octanol–water partition coefficient (Wildman–Crippen LogP) is 8.61. The van der Waals surface area contributed by atoms with Crippen LogP contribution in [-0.4, -0.2) is 16.7 Å². The van der Waals surface area contributed by atoms with Gasteiger partial charge in [0.1, 0.15) is 5.75 Å². The van der Waals surface area contributed by atoms with Crippen molar-refractivity contribution in [1.82, 2.24) is 0 Å². The van der Waals surface area contributed by atoms with Crippen molar-refractivity contribution >= 4 is 11.6 Å². The summed E-state index contributed by atoms with van der Waals surface area (Å²) in [5.74, 6) is -0.593. The van der Waals surface area contributed by atoms with Crippen LogP contribution in [0.2, 0.25) is 0 Å². The molecule has 0 aliphatic rings. The first-order valence-electron chi connectivity index (χ1n) is 13.2. The van der Waals surface area contributed by atoms with E-state index in [0.717, 1.165) is 24.0 Å². The molecule has 0 bridgehead atoms. The van der Waals surface area contributed by atoms with Gasteiger partial charge in [0, 0.05) is 5.56 Å². The quantitative estimate of drug-likeness (QED) is 0.163. The van der Waals surface area contributed by atoms with Crippen molar-refractivity contribution in [3.8, 4) is 5.75 Å². The smallest absolute Gasteiger partial charge is 0.174 e. The lowest BCUT2D eigenvalue weighted by molar-refractivity contribution is 0.0893. The van der Waals surface area contributed by atoms with Crippen molar-refractivity contribution in [3.05, 3.63) is 64.7 Å². The lowest BCUT2D eigenvalue weighted by atomic mass is 9.86. The summed E-state index contributed by atoms with van der Waals surface area (Å²) in [4.78, 5) is 25.4. The summed E-state index contributed by atoms with van der Waals surface area (Å²) >= 11 is 0. The van der Waals surface area contributed by atoms with Gasteiger partial charge in [-0.05, 0) is 41.5 Å². The van der Waals surface area contributed by atoms with Gasteiger partial charge in [-0.3, -0.25) is 9.59 Å². The van der Waals surface area contributed by atoms with Gasteiger partial charge in [-0.15, -0.1) is 0 Å². The zero-order chi connectivity index (χ0) is 25.0. The van der Waals surface area contributed by atoms with Crippen LogP contribution in [0.3, 0.4) is 0 Å². The van der Waals surface area contributed by atoms with E-state index in [1.54, 1.807) is 24.3 Å². The maximum absolute atomic E-state index is 12.8. The molecule has 0 unspecified atom stereocenters. The molecule has 0 amide bonds. The summed E-state index contributed by atoms with van der Waals surface area (Å²) in [6.07, 6.45) is 13.5. The van der Waals surface area contributed by atoms with Crippen molar-refractivity contribution in [3.63, 3.8) is 0 Å². The van der Waals surface area contributed by atoms with E-state index >= 15 is 0 Å². The number of ketones is 2. The molecule has 0 saturated heterocycles. The number of phenolic OH excluding ortho intramolecular Hbond substituents is 1. The lowest BCUT2D eigenvalue weighted by Crippen LogP contribution is -2.12. The number of unbranched alkanes of at least 4 members (excludes halogenated alkanes) is 9. The molecule has 0 aliphatic carbocycles. The highest BCUT2D eigenvalue weighted by molar-refractivity contribution is 6.14. The molecule has 3 nitrogen and oxygen atoms in total. The van der Waals surface area contributed by atoms with Crippen LogP contribution in [0.1, 0.15) is 130 Å². The van der Waals surface area contributed by atoms with Crippen LogP contribution >= 0.6 is 0 Å². The van der Waals surface area contributed by atoms with E-state index in [-0.39, 0.29) is 34.7 Å². The van der Waals surface area contributed by atoms with E-state index in [2.05, 4.69) is 27.7 Å². The Bertz CT molecular complexity index is 903. The molecule has 1 N–H and O–H groups in total. The number of Topliss-reactive ketones (excluding diaryl/α,β-unsaturated/α-hetero) is 2. The van der Waals surface area contributed by atoms with Crippen molar-refractivity contribution in [2.45, 2.75) is 110 Å². The fourth-order valence-corrected chi connectivity index (χ4v) is 4.28. The summed E-state index contributed by atoms with van der Waals surface area (Å²) in [7, 11) is 0. The molecule has 0 aliphatic heterocycles. The zero-order valence-electron chi connectivity index (χ0n) is 21.8. The molecule has 2 rings (SSSR count). The standard InChI is InChI=1S/C31H44O3/c1-5-6-7-8-9-10-11-12-13-14-15-24-16-21-28(32)27(22-24)30(34)23-29(33)25-17-19-26(20-18-25)31(2,3)4/h16-22,32H,5-15,23H2,1-4H3. The lowest BCUT2D eigenvalue weighted by Gasteiger charge is -2.18. The van der Waals surface area contributed by atoms with Crippen LogP contribution in [0.5, 0.6) is 5.75 Å². The van der Waals surface area contributed by atoms with Crippen molar-refractivity contribution in [2.24, 2.45) is 0 Å². The number of phenols is 1. The van der Waals surface area contributed by atoms with Crippen molar-refractivity contribution in [2.75, 3.05) is 0 Å². The minimum Gasteiger partial charge on any atom is -0.507 e. The highest BCUT2D eigenvalue weighted by Gasteiger charge is 2.19.